The maximum absolute atomic E-state index is 12.1. The monoisotopic (exact) mass is 321 g/mol. The Hall–Kier alpha value is -2.54. The van der Waals surface area contributed by atoms with Crippen molar-refractivity contribution in [2.24, 2.45) is 0 Å². The van der Waals surface area contributed by atoms with Gasteiger partial charge in [0.05, 0.1) is 22.9 Å². The van der Waals surface area contributed by atoms with E-state index in [1.807, 2.05) is 0 Å². The summed E-state index contributed by atoms with van der Waals surface area (Å²) in [6.07, 6.45) is 0. The molecule has 0 radical (unpaired) electrons. The van der Waals surface area contributed by atoms with E-state index in [-0.39, 0.29) is 28.8 Å². The third-order valence-electron chi connectivity index (χ3n) is 2.87. The lowest BCUT2D eigenvalue weighted by Gasteiger charge is -2.10. The summed E-state index contributed by atoms with van der Waals surface area (Å²) in [5.74, 6) is -0.599. The molecule has 0 atom stereocenters. The highest BCUT2D eigenvalue weighted by Gasteiger charge is 2.21. The number of non-ortho nitro benzene ring substituents is 1. The van der Waals surface area contributed by atoms with Crippen molar-refractivity contribution in [1.82, 2.24) is 9.97 Å². The van der Waals surface area contributed by atoms with Crippen molar-refractivity contribution in [3.05, 3.63) is 50.9 Å². The van der Waals surface area contributed by atoms with Crippen LogP contribution in [-0.2, 0) is 4.74 Å². The highest BCUT2D eigenvalue weighted by molar-refractivity contribution is 6.28. The maximum atomic E-state index is 12.1. The fourth-order valence-corrected chi connectivity index (χ4v) is 2.17. The van der Waals surface area contributed by atoms with Gasteiger partial charge in [0.25, 0.3) is 5.69 Å². The van der Waals surface area contributed by atoms with Crippen LogP contribution in [0.3, 0.4) is 0 Å². The number of halogens is 1. The summed E-state index contributed by atoms with van der Waals surface area (Å²) in [4.78, 5) is 30.5. The van der Waals surface area contributed by atoms with Gasteiger partial charge < -0.3 is 4.74 Å². The molecule has 2 aromatic rings. The van der Waals surface area contributed by atoms with E-state index in [4.69, 9.17) is 16.3 Å². The summed E-state index contributed by atoms with van der Waals surface area (Å²) < 4.78 is 4.99. The van der Waals surface area contributed by atoms with E-state index in [0.717, 1.165) is 0 Å². The lowest BCUT2D eigenvalue weighted by Crippen LogP contribution is -2.11. The molecule has 0 spiro atoms. The Labute approximate surface area is 131 Å². The molecule has 0 aliphatic carbocycles. The summed E-state index contributed by atoms with van der Waals surface area (Å²) in [6, 6.07) is 5.78. The number of rotatable bonds is 4. The lowest BCUT2D eigenvalue weighted by molar-refractivity contribution is -0.384. The van der Waals surface area contributed by atoms with Crippen molar-refractivity contribution < 1.29 is 14.5 Å². The minimum Gasteiger partial charge on any atom is -0.462 e. The van der Waals surface area contributed by atoms with Crippen LogP contribution in [0.5, 0.6) is 0 Å². The molecule has 0 unspecified atom stereocenters. The molecule has 0 bridgehead atoms. The number of ether oxygens (including phenoxy) is 1. The first-order chi connectivity index (χ1) is 10.4. The Morgan fingerprint density at radius 2 is 2.14 bits per heavy atom. The number of nitrogens with zero attached hydrogens (tertiary/aromatic N) is 3. The van der Waals surface area contributed by atoms with Gasteiger partial charge in [0, 0.05) is 17.7 Å². The van der Waals surface area contributed by atoms with Crippen LogP contribution < -0.4 is 0 Å². The van der Waals surface area contributed by atoms with E-state index in [1.54, 1.807) is 19.9 Å². The van der Waals surface area contributed by atoms with Gasteiger partial charge in [-0.15, -0.1) is 0 Å². The number of esters is 1. The molecule has 1 aromatic carbocycles. The molecule has 2 rings (SSSR count). The largest absolute Gasteiger partial charge is 0.462 e. The minimum atomic E-state index is -0.599. The average molecular weight is 322 g/mol. The summed E-state index contributed by atoms with van der Waals surface area (Å²) in [7, 11) is 0. The zero-order chi connectivity index (χ0) is 16.3. The maximum Gasteiger partial charge on any atom is 0.342 e. The van der Waals surface area contributed by atoms with Crippen molar-refractivity contribution in [1.29, 1.82) is 0 Å². The number of hydrogen-bond donors (Lipinski definition) is 0. The molecule has 0 saturated carbocycles. The lowest BCUT2D eigenvalue weighted by atomic mass is 10.0. The number of nitro benzene ring substituents is 1. The van der Waals surface area contributed by atoms with E-state index in [0.29, 0.717) is 11.3 Å². The topological polar surface area (TPSA) is 95.2 Å². The van der Waals surface area contributed by atoms with Gasteiger partial charge in [0.2, 0.25) is 5.28 Å². The van der Waals surface area contributed by atoms with Gasteiger partial charge in [0.1, 0.15) is 5.56 Å². The molecule has 0 N–H and O–H groups in total. The Morgan fingerprint density at radius 3 is 2.77 bits per heavy atom. The Balaban J connectivity index is 2.66. The second-order valence-corrected chi connectivity index (χ2v) is 4.67. The molecule has 1 aromatic heterocycles. The number of aryl methyl sites for hydroxylation is 1. The van der Waals surface area contributed by atoms with Crippen LogP contribution in [0.15, 0.2) is 24.3 Å². The van der Waals surface area contributed by atoms with Crippen LogP contribution in [0.1, 0.15) is 23.0 Å². The standard InChI is InChI=1S/C14H12ClN3O4/c1-3-22-13(19)11-8(2)16-14(15)17-12(11)9-5-4-6-10(7-9)18(20)21/h4-7H,3H2,1-2H3. The fraction of sp³-hybridized carbons (Fsp3) is 0.214. The van der Waals surface area contributed by atoms with Crippen LogP contribution in [0.25, 0.3) is 11.3 Å². The van der Waals surface area contributed by atoms with Crippen LogP contribution in [0, 0.1) is 17.0 Å². The first kappa shape index (κ1) is 15.8. The molecule has 0 saturated heterocycles. The number of carbonyl (C=O) groups is 1. The quantitative estimate of drug-likeness (QED) is 0.371. The molecule has 7 nitrogen and oxygen atoms in total. The normalized spacial score (nSPS) is 10.3. The first-order valence-corrected chi connectivity index (χ1v) is 6.78. The Bertz CT molecular complexity index is 749. The van der Waals surface area contributed by atoms with Crippen molar-refractivity contribution >= 4 is 23.3 Å². The number of nitro groups is 1. The van der Waals surface area contributed by atoms with Gasteiger partial charge in [-0.25, -0.2) is 14.8 Å². The molecule has 1 heterocycles. The summed E-state index contributed by atoms with van der Waals surface area (Å²) in [5.41, 5.74) is 0.982. The Morgan fingerprint density at radius 1 is 1.41 bits per heavy atom. The van der Waals surface area contributed by atoms with Gasteiger partial charge in [-0.1, -0.05) is 12.1 Å². The number of aromatic nitrogens is 2. The molecule has 0 amide bonds. The molecule has 22 heavy (non-hydrogen) atoms. The highest BCUT2D eigenvalue weighted by Crippen LogP contribution is 2.28. The Kier molecular flexibility index (Phi) is 4.67. The number of hydrogen-bond acceptors (Lipinski definition) is 6. The molecule has 114 valence electrons. The van der Waals surface area contributed by atoms with Crippen LogP contribution in [-0.4, -0.2) is 27.5 Å². The molecule has 0 aliphatic rings. The van der Waals surface area contributed by atoms with Gasteiger partial charge >= 0.3 is 5.97 Å². The summed E-state index contributed by atoms with van der Waals surface area (Å²) >= 11 is 5.85. The number of carbonyl (C=O) groups excluding carboxylic acids is 1. The van der Waals surface area contributed by atoms with E-state index in [1.165, 1.54) is 18.2 Å². The van der Waals surface area contributed by atoms with Gasteiger partial charge in [0.15, 0.2) is 0 Å². The average Bonchev–Trinajstić information content (AvgIpc) is 2.46. The zero-order valence-electron chi connectivity index (χ0n) is 11.9. The van der Waals surface area contributed by atoms with Gasteiger partial charge in [-0.05, 0) is 25.4 Å². The number of benzene rings is 1. The van der Waals surface area contributed by atoms with Crippen molar-refractivity contribution in [2.75, 3.05) is 6.61 Å². The van der Waals surface area contributed by atoms with Crippen molar-refractivity contribution in [3.8, 4) is 11.3 Å². The summed E-state index contributed by atoms with van der Waals surface area (Å²) in [6.45, 7) is 3.47. The molecule has 0 fully saturated rings. The predicted molar refractivity (Wildman–Crippen MR) is 79.8 cm³/mol. The molecule has 8 heteroatoms. The van der Waals surface area contributed by atoms with E-state index < -0.39 is 10.9 Å². The van der Waals surface area contributed by atoms with Gasteiger partial charge in [-0.2, -0.15) is 0 Å². The third-order valence-corrected chi connectivity index (χ3v) is 3.04. The fourth-order valence-electron chi connectivity index (χ4n) is 1.96. The van der Waals surface area contributed by atoms with Crippen LogP contribution >= 0.6 is 11.6 Å². The van der Waals surface area contributed by atoms with Gasteiger partial charge in [-0.3, -0.25) is 10.1 Å². The first-order valence-electron chi connectivity index (χ1n) is 6.40. The second-order valence-electron chi connectivity index (χ2n) is 4.33. The smallest absolute Gasteiger partial charge is 0.342 e. The van der Waals surface area contributed by atoms with Crippen LogP contribution in [0.2, 0.25) is 5.28 Å². The predicted octanol–water partition coefficient (Wildman–Crippen LogP) is 3.19. The van der Waals surface area contributed by atoms with E-state index in [9.17, 15) is 14.9 Å². The molecular weight excluding hydrogens is 310 g/mol. The van der Waals surface area contributed by atoms with Crippen molar-refractivity contribution in [2.45, 2.75) is 13.8 Å². The second kappa shape index (κ2) is 6.48. The van der Waals surface area contributed by atoms with E-state index in [2.05, 4.69) is 9.97 Å². The molecular formula is C14H12ClN3O4. The van der Waals surface area contributed by atoms with Crippen molar-refractivity contribution in [3.63, 3.8) is 0 Å². The molecule has 0 aliphatic heterocycles. The highest BCUT2D eigenvalue weighted by atomic mass is 35.5. The SMILES string of the molecule is CCOC(=O)c1c(C)nc(Cl)nc1-c1cccc([N+](=O)[O-])c1. The third kappa shape index (κ3) is 3.20. The van der Waals surface area contributed by atoms with E-state index >= 15 is 0 Å². The minimum absolute atomic E-state index is 0.0490. The van der Waals surface area contributed by atoms with Crippen LogP contribution in [0.4, 0.5) is 5.69 Å². The summed E-state index contributed by atoms with van der Waals surface area (Å²) in [5, 5.41) is 10.8. The zero-order valence-corrected chi connectivity index (χ0v) is 12.6.